The highest BCUT2D eigenvalue weighted by Gasteiger charge is 2.12. The molecular formula is C17H17N3O. The minimum absolute atomic E-state index is 0.0501. The minimum atomic E-state index is -0.0501. The van der Waals surface area contributed by atoms with Gasteiger partial charge in [0.1, 0.15) is 0 Å². The van der Waals surface area contributed by atoms with E-state index < -0.39 is 0 Å². The molecule has 106 valence electrons. The molecule has 0 radical (unpaired) electrons. The largest absolute Gasteiger partial charge is 0.330 e. The number of para-hydroxylation sites is 1. The summed E-state index contributed by atoms with van der Waals surface area (Å²) in [5.74, 6) is 0.171. The lowest BCUT2D eigenvalue weighted by Gasteiger charge is -2.17. The Kier molecular flexibility index (Phi) is 3.79. The van der Waals surface area contributed by atoms with Crippen molar-refractivity contribution in [3.8, 4) is 0 Å². The van der Waals surface area contributed by atoms with Gasteiger partial charge >= 0.3 is 0 Å². The monoisotopic (exact) mass is 279 g/mol. The predicted octanol–water partition coefficient (Wildman–Crippen LogP) is 2.14. The lowest BCUT2D eigenvalue weighted by Crippen LogP contribution is -2.21. The number of hydrogen-bond acceptors (Lipinski definition) is 3. The zero-order valence-electron chi connectivity index (χ0n) is 11.6. The van der Waals surface area contributed by atoms with Gasteiger partial charge in [-0.3, -0.25) is 9.48 Å². The first kappa shape index (κ1) is 13.5. The summed E-state index contributed by atoms with van der Waals surface area (Å²) in [5.41, 5.74) is 7.91. The molecule has 0 aliphatic heterocycles. The summed E-state index contributed by atoms with van der Waals surface area (Å²) >= 11 is 0. The van der Waals surface area contributed by atoms with Crippen LogP contribution in [0.2, 0.25) is 0 Å². The SMILES string of the molecule is NCC(Cn1ncc(=O)c2ccccc21)c1ccccc1. The average Bonchev–Trinajstić information content (AvgIpc) is 2.55. The maximum atomic E-state index is 11.9. The van der Waals surface area contributed by atoms with E-state index in [2.05, 4.69) is 17.2 Å². The molecule has 3 aromatic rings. The fourth-order valence-corrected chi connectivity index (χ4v) is 2.56. The van der Waals surface area contributed by atoms with E-state index in [0.717, 1.165) is 5.52 Å². The van der Waals surface area contributed by atoms with Gasteiger partial charge in [-0.25, -0.2) is 0 Å². The molecule has 2 N–H and O–H groups in total. The highest BCUT2D eigenvalue weighted by Crippen LogP contribution is 2.18. The quantitative estimate of drug-likeness (QED) is 0.796. The van der Waals surface area contributed by atoms with E-state index in [1.165, 1.54) is 11.8 Å². The number of nitrogens with zero attached hydrogens (tertiary/aromatic N) is 2. The molecule has 1 aromatic heterocycles. The van der Waals surface area contributed by atoms with Crippen LogP contribution in [0.3, 0.4) is 0 Å². The molecule has 0 saturated heterocycles. The Morgan fingerprint density at radius 2 is 1.76 bits per heavy atom. The van der Waals surface area contributed by atoms with Gasteiger partial charge in [-0.1, -0.05) is 42.5 Å². The molecule has 1 atom stereocenters. The van der Waals surface area contributed by atoms with Gasteiger partial charge in [0.25, 0.3) is 0 Å². The summed E-state index contributed by atoms with van der Waals surface area (Å²) in [7, 11) is 0. The topological polar surface area (TPSA) is 60.9 Å². The van der Waals surface area contributed by atoms with E-state index in [4.69, 9.17) is 5.73 Å². The van der Waals surface area contributed by atoms with Crippen LogP contribution in [0, 0.1) is 0 Å². The summed E-state index contributed by atoms with van der Waals surface area (Å²) in [5, 5.41) is 4.96. The Bertz CT molecular complexity index is 796. The predicted molar refractivity (Wildman–Crippen MR) is 84.2 cm³/mol. The average molecular weight is 279 g/mol. The molecule has 1 heterocycles. The van der Waals surface area contributed by atoms with Crippen molar-refractivity contribution in [1.29, 1.82) is 0 Å². The van der Waals surface area contributed by atoms with Gasteiger partial charge in [-0.05, 0) is 17.7 Å². The van der Waals surface area contributed by atoms with Crippen molar-refractivity contribution in [3.63, 3.8) is 0 Å². The van der Waals surface area contributed by atoms with Crippen LogP contribution in [-0.4, -0.2) is 16.3 Å². The Morgan fingerprint density at radius 1 is 1.05 bits per heavy atom. The van der Waals surface area contributed by atoms with Crippen molar-refractivity contribution in [3.05, 3.63) is 76.6 Å². The van der Waals surface area contributed by atoms with E-state index in [-0.39, 0.29) is 11.3 Å². The first-order valence-corrected chi connectivity index (χ1v) is 6.99. The normalized spacial score (nSPS) is 12.4. The molecule has 2 aromatic carbocycles. The van der Waals surface area contributed by atoms with Crippen LogP contribution in [0.1, 0.15) is 11.5 Å². The summed E-state index contributed by atoms with van der Waals surface area (Å²) in [6.45, 7) is 1.19. The van der Waals surface area contributed by atoms with Crippen molar-refractivity contribution < 1.29 is 0 Å². The summed E-state index contributed by atoms with van der Waals surface area (Å²) in [6, 6.07) is 17.7. The van der Waals surface area contributed by atoms with Crippen LogP contribution in [0.4, 0.5) is 0 Å². The zero-order valence-corrected chi connectivity index (χ0v) is 11.6. The van der Waals surface area contributed by atoms with E-state index in [1.54, 1.807) is 0 Å². The highest BCUT2D eigenvalue weighted by atomic mass is 16.1. The second kappa shape index (κ2) is 5.89. The van der Waals surface area contributed by atoms with Crippen LogP contribution in [0.15, 0.2) is 65.6 Å². The van der Waals surface area contributed by atoms with Crippen LogP contribution in [-0.2, 0) is 6.54 Å². The maximum Gasteiger partial charge on any atom is 0.207 e. The van der Waals surface area contributed by atoms with E-state index in [0.29, 0.717) is 18.5 Å². The molecule has 1 unspecified atom stereocenters. The molecule has 4 heteroatoms. The number of rotatable bonds is 4. The van der Waals surface area contributed by atoms with Gasteiger partial charge in [0.2, 0.25) is 5.43 Å². The van der Waals surface area contributed by atoms with Crippen LogP contribution >= 0.6 is 0 Å². The highest BCUT2D eigenvalue weighted by molar-refractivity contribution is 5.77. The van der Waals surface area contributed by atoms with Gasteiger partial charge in [0, 0.05) is 24.4 Å². The van der Waals surface area contributed by atoms with Crippen molar-refractivity contribution in [2.24, 2.45) is 5.73 Å². The minimum Gasteiger partial charge on any atom is -0.330 e. The van der Waals surface area contributed by atoms with Crippen LogP contribution < -0.4 is 11.2 Å². The third-order valence-electron chi connectivity index (χ3n) is 3.71. The molecule has 0 saturated carbocycles. The van der Waals surface area contributed by atoms with E-state index >= 15 is 0 Å². The lowest BCUT2D eigenvalue weighted by molar-refractivity contribution is 0.528. The van der Waals surface area contributed by atoms with Gasteiger partial charge in [0.15, 0.2) is 0 Å². The Hall–Kier alpha value is -2.46. The smallest absolute Gasteiger partial charge is 0.207 e. The summed E-state index contributed by atoms with van der Waals surface area (Å²) < 4.78 is 1.86. The molecule has 4 nitrogen and oxygen atoms in total. The Morgan fingerprint density at radius 3 is 2.52 bits per heavy atom. The number of hydrogen-bond donors (Lipinski definition) is 1. The number of fused-ring (bicyclic) bond motifs is 1. The standard InChI is InChI=1S/C17H17N3O/c18-10-14(13-6-2-1-3-7-13)12-20-16-9-5-4-8-15(16)17(21)11-19-20/h1-9,11,14H,10,12,18H2. The van der Waals surface area contributed by atoms with Crippen LogP contribution in [0.5, 0.6) is 0 Å². The molecule has 0 spiro atoms. The van der Waals surface area contributed by atoms with Gasteiger partial charge in [-0.2, -0.15) is 5.10 Å². The Balaban J connectivity index is 2.01. The fraction of sp³-hybridized carbons (Fsp3) is 0.176. The van der Waals surface area contributed by atoms with Crippen molar-refractivity contribution in [2.75, 3.05) is 6.54 Å². The molecular weight excluding hydrogens is 262 g/mol. The molecule has 0 amide bonds. The van der Waals surface area contributed by atoms with Gasteiger partial charge in [0.05, 0.1) is 11.7 Å². The maximum absolute atomic E-state index is 11.9. The summed E-state index contributed by atoms with van der Waals surface area (Å²) in [6.07, 6.45) is 1.38. The molecule has 0 aliphatic rings. The van der Waals surface area contributed by atoms with Crippen LogP contribution in [0.25, 0.3) is 10.9 Å². The molecule has 0 aliphatic carbocycles. The Labute approximate surface area is 122 Å². The van der Waals surface area contributed by atoms with Gasteiger partial charge in [-0.15, -0.1) is 0 Å². The number of benzene rings is 2. The van der Waals surface area contributed by atoms with Crippen molar-refractivity contribution in [1.82, 2.24) is 9.78 Å². The molecule has 21 heavy (non-hydrogen) atoms. The van der Waals surface area contributed by atoms with Crippen molar-refractivity contribution in [2.45, 2.75) is 12.5 Å². The number of nitrogens with two attached hydrogens (primary N) is 1. The van der Waals surface area contributed by atoms with E-state index in [9.17, 15) is 4.79 Å². The molecule has 0 fully saturated rings. The first-order chi connectivity index (χ1) is 10.3. The second-order valence-electron chi connectivity index (χ2n) is 5.05. The number of aromatic nitrogens is 2. The first-order valence-electron chi connectivity index (χ1n) is 6.99. The fourth-order valence-electron chi connectivity index (χ4n) is 2.56. The third kappa shape index (κ3) is 2.71. The van der Waals surface area contributed by atoms with Crippen molar-refractivity contribution >= 4 is 10.9 Å². The lowest BCUT2D eigenvalue weighted by atomic mass is 9.99. The van der Waals surface area contributed by atoms with E-state index in [1.807, 2.05) is 47.1 Å². The molecule has 3 rings (SSSR count). The second-order valence-corrected chi connectivity index (χ2v) is 5.05. The molecule has 0 bridgehead atoms. The zero-order chi connectivity index (χ0) is 14.7. The summed E-state index contributed by atoms with van der Waals surface area (Å²) in [4.78, 5) is 11.9. The van der Waals surface area contributed by atoms with Gasteiger partial charge < -0.3 is 5.73 Å². The third-order valence-corrected chi connectivity index (χ3v) is 3.71.